The third kappa shape index (κ3) is 3.91. The van der Waals surface area contributed by atoms with E-state index in [1.54, 1.807) is 53.3 Å². The van der Waals surface area contributed by atoms with Gasteiger partial charge in [-0.15, -0.1) is 10.2 Å². The van der Waals surface area contributed by atoms with Gasteiger partial charge in [0.05, 0.1) is 10.7 Å². The molecule has 0 aliphatic carbocycles. The van der Waals surface area contributed by atoms with E-state index in [9.17, 15) is 4.79 Å². The van der Waals surface area contributed by atoms with E-state index in [0.29, 0.717) is 32.6 Å². The third-order valence-corrected chi connectivity index (χ3v) is 5.21. The molecule has 0 spiro atoms. The lowest BCUT2D eigenvalue weighted by Gasteiger charge is -2.03. The Labute approximate surface area is 187 Å². The van der Waals surface area contributed by atoms with Gasteiger partial charge in [-0.05, 0) is 60.7 Å². The molecule has 0 saturated heterocycles. The molecule has 0 unspecified atom stereocenters. The summed E-state index contributed by atoms with van der Waals surface area (Å²) in [6, 6.07) is 23.3. The van der Waals surface area contributed by atoms with Gasteiger partial charge in [0, 0.05) is 16.3 Å². The Kier molecular flexibility index (Phi) is 4.94. The highest BCUT2D eigenvalue weighted by molar-refractivity contribution is 6.35. The van der Waals surface area contributed by atoms with Gasteiger partial charge in [-0.1, -0.05) is 41.4 Å². The van der Waals surface area contributed by atoms with Crippen molar-refractivity contribution in [1.82, 2.24) is 15.0 Å². The van der Waals surface area contributed by atoms with Crippen molar-refractivity contribution in [3.63, 3.8) is 0 Å². The molecule has 3 aromatic carbocycles. The molecule has 2 heterocycles. The van der Waals surface area contributed by atoms with Gasteiger partial charge in [-0.3, -0.25) is 4.79 Å². The fraction of sp³-hybridized carbons (Fsp3) is 0. The van der Waals surface area contributed by atoms with Gasteiger partial charge in [0.15, 0.2) is 5.76 Å². The van der Waals surface area contributed by atoms with Crippen LogP contribution in [0.3, 0.4) is 0 Å². The van der Waals surface area contributed by atoms with Gasteiger partial charge in [0.2, 0.25) is 0 Å². The zero-order valence-corrected chi connectivity index (χ0v) is 17.4. The molecule has 0 aliphatic rings. The SMILES string of the molecule is O=C(Nc1ccc2nn(-c3ccccc3)nc2c1)c1ccc(-c2cc(Cl)ccc2Cl)o1. The van der Waals surface area contributed by atoms with Crippen molar-refractivity contribution in [3.8, 4) is 17.0 Å². The molecule has 5 aromatic rings. The van der Waals surface area contributed by atoms with Crippen LogP contribution in [0, 0.1) is 0 Å². The summed E-state index contributed by atoms with van der Waals surface area (Å²) >= 11 is 12.3. The van der Waals surface area contributed by atoms with E-state index in [1.165, 1.54) is 0 Å². The number of para-hydroxylation sites is 1. The van der Waals surface area contributed by atoms with Crippen LogP contribution in [0.2, 0.25) is 10.0 Å². The number of benzene rings is 3. The first-order chi connectivity index (χ1) is 15.1. The maximum Gasteiger partial charge on any atom is 0.291 e. The third-order valence-electron chi connectivity index (χ3n) is 4.65. The van der Waals surface area contributed by atoms with Crippen molar-refractivity contribution in [3.05, 3.63) is 94.7 Å². The highest BCUT2D eigenvalue weighted by Gasteiger charge is 2.15. The van der Waals surface area contributed by atoms with Gasteiger partial charge in [-0.25, -0.2) is 0 Å². The average Bonchev–Trinajstić information content (AvgIpc) is 3.43. The summed E-state index contributed by atoms with van der Waals surface area (Å²) in [7, 11) is 0. The minimum absolute atomic E-state index is 0.152. The second-order valence-electron chi connectivity index (χ2n) is 6.77. The largest absolute Gasteiger partial charge is 0.451 e. The number of hydrogen-bond donors (Lipinski definition) is 1. The lowest BCUT2D eigenvalue weighted by molar-refractivity contribution is 0.0997. The normalized spacial score (nSPS) is 11.0. The van der Waals surface area contributed by atoms with E-state index in [2.05, 4.69) is 15.5 Å². The first-order valence-electron chi connectivity index (χ1n) is 9.36. The number of anilines is 1. The van der Waals surface area contributed by atoms with Crippen LogP contribution in [0.5, 0.6) is 0 Å². The highest BCUT2D eigenvalue weighted by atomic mass is 35.5. The van der Waals surface area contributed by atoms with Crippen LogP contribution < -0.4 is 5.32 Å². The van der Waals surface area contributed by atoms with Gasteiger partial charge >= 0.3 is 0 Å². The van der Waals surface area contributed by atoms with Crippen LogP contribution in [0.25, 0.3) is 28.0 Å². The molecular weight excluding hydrogens is 435 g/mol. The van der Waals surface area contributed by atoms with Crippen LogP contribution in [0.15, 0.2) is 83.3 Å². The topological polar surface area (TPSA) is 73.0 Å². The first kappa shape index (κ1) is 19.4. The molecule has 6 nitrogen and oxygen atoms in total. The van der Waals surface area contributed by atoms with E-state index in [-0.39, 0.29) is 11.7 Å². The Bertz CT molecular complexity index is 1410. The number of nitrogens with zero attached hydrogens (tertiary/aromatic N) is 3. The Balaban J connectivity index is 1.38. The lowest BCUT2D eigenvalue weighted by atomic mass is 10.2. The molecule has 2 aromatic heterocycles. The monoisotopic (exact) mass is 448 g/mol. The molecule has 0 aliphatic heterocycles. The maximum atomic E-state index is 12.7. The van der Waals surface area contributed by atoms with E-state index >= 15 is 0 Å². The fourth-order valence-corrected chi connectivity index (χ4v) is 3.54. The molecule has 31 heavy (non-hydrogen) atoms. The lowest BCUT2D eigenvalue weighted by Crippen LogP contribution is -2.10. The van der Waals surface area contributed by atoms with Crippen molar-refractivity contribution < 1.29 is 9.21 Å². The molecule has 5 rings (SSSR count). The number of furan rings is 1. The molecule has 0 fully saturated rings. The second kappa shape index (κ2) is 7.91. The minimum Gasteiger partial charge on any atom is -0.451 e. The van der Waals surface area contributed by atoms with E-state index in [1.807, 2.05) is 30.3 Å². The number of halogens is 2. The van der Waals surface area contributed by atoms with E-state index < -0.39 is 0 Å². The van der Waals surface area contributed by atoms with E-state index in [0.717, 1.165) is 11.2 Å². The number of aromatic nitrogens is 3. The quantitative estimate of drug-likeness (QED) is 0.353. The van der Waals surface area contributed by atoms with Crippen molar-refractivity contribution in [2.45, 2.75) is 0 Å². The Morgan fingerprint density at radius 2 is 1.68 bits per heavy atom. The van der Waals surface area contributed by atoms with Crippen molar-refractivity contribution in [1.29, 1.82) is 0 Å². The zero-order chi connectivity index (χ0) is 21.4. The molecule has 0 radical (unpaired) electrons. The van der Waals surface area contributed by atoms with Crippen LogP contribution in [-0.2, 0) is 0 Å². The summed E-state index contributed by atoms with van der Waals surface area (Å²) < 4.78 is 5.70. The van der Waals surface area contributed by atoms with Gasteiger partial charge in [0.25, 0.3) is 5.91 Å². The number of carbonyl (C=O) groups is 1. The van der Waals surface area contributed by atoms with Crippen molar-refractivity contribution in [2.24, 2.45) is 0 Å². The Morgan fingerprint density at radius 3 is 2.52 bits per heavy atom. The number of fused-ring (bicyclic) bond motifs is 1. The summed E-state index contributed by atoms with van der Waals surface area (Å²) in [5.41, 5.74) is 3.43. The summed E-state index contributed by atoms with van der Waals surface area (Å²) in [5.74, 6) is 0.220. The number of hydrogen-bond acceptors (Lipinski definition) is 4. The van der Waals surface area contributed by atoms with Crippen LogP contribution in [0.1, 0.15) is 10.6 Å². The van der Waals surface area contributed by atoms with Gasteiger partial charge in [0.1, 0.15) is 16.8 Å². The summed E-state index contributed by atoms with van der Waals surface area (Å²) in [5, 5.41) is 12.8. The second-order valence-corrected chi connectivity index (χ2v) is 7.61. The number of rotatable bonds is 4. The summed E-state index contributed by atoms with van der Waals surface area (Å²) in [6.45, 7) is 0. The number of amides is 1. The van der Waals surface area contributed by atoms with Gasteiger partial charge < -0.3 is 9.73 Å². The summed E-state index contributed by atoms with van der Waals surface area (Å²) in [6.07, 6.45) is 0. The number of carbonyl (C=O) groups excluding carboxylic acids is 1. The molecule has 152 valence electrons. The van der Waals surface area contributed by atoms with Crippen LogP contribution >= 0.6 is 23.2 Å². The molecule has 8 heteroatoms. The first-order valence-corrected chi connectivity index (χ1v) is 10.1. The predicted octanol–water partition coefficient (Wildman–Crippen LogP) is 6.24. The highest BCUT2D eigenvalue weighted by Crippen LogP contribution is 2.32. The number of nitrogens with one attached hydrogen (secondary N) is 1. The van der Waals surface area contributed by atoms with Crippen LogP contribution in [0.4, 0.5) is 5.69 Å². The van der Waals surface area contributed by atoms with Crippen molar-refractivity contribution >= 4 is 45.8 Å². The maximum absolute atomic E-state index is 12.7. The van der Waals surface area contributed by atoms with Gasteiger partial charge in [-0.2, -0.15) is 4.80 Å². The summed E-state index contributed by atoms with van der Waals surface area (Å²) in [4.78, 5) is 14.2. The Morgan fingerprint density at radius 1 is 0.871 bits per heavy atom. The molecule has 1 amide bonds. The molecular formula is C23H14Cl2N4O2. The fourth-order valence-electron chi connectivity index (χ4n) is 3.15. The zero-order valence-electron chi connectivity index (χ0n) is 15.9. The minimum atomic E-state index is -0.390. The molecule has 0 saturated carbocycles. The van der Waals surface area contributed by atoms with E-state index in [4.69, 9.17) is 27.6 Å². The average molecular weight is 449 g/mol. The van der Waals surface area contributed by atoms with Crippen molar-refractivity contribution in [2.75, 3.05) is 5.32 Å². The predicted molar refractivity (Wildman–Crippen MR) is 121 cm³/mol. The van der Waals surface area contributed by atoms with Crippen LogP contribution in [-0.4, -0.2) is 20.9 Å². The Hall–Kier alpha value is -3.61. The standard InChI is InChI=1S/C23H14Cl2N4O2/c24-14-6-8-18(25)17(12-14)21-10-11-22(31-21)23(30)26-15-7-9-19-20(13-15)28-29(27-19)16-4-2-1-3-5-16/h1-13H,(H,26,30). The smallest absolute Gasteiger partial charge is 0.291 e. The molecule has 0 atom stereocenters. The molecule has 1 N–H and O–H groups in total. The molecule has 0 bridgehead atoms.